The van der Waals surface area contributed by atoms with E-state index in [0.29, 0.717) is 23.3 Å². The lowest BCUT2D eigenvalue weighted by atomic mass is 9.99. The van der Waals surface area contributed by atoms with Gasteiger partial charge < -0.3 is 10.2 Å². The van der Waals surface area contributed by atoms with Crippen LogP contribution in [-0.4, -0.2) is 39.7 Å². The predicted octanol–water partition coefficient (Wildman–Crippen LogP) is 2.62. The molecule has 1 N–H and O–H groups in total. The van der Waals surface area contributed by atoms with E-state index in [0.717, 1.165) is 14.8 Å². The van der Waals surface area contributed by atoms with Crippen molar-refractivity contribution in [3.05, 3.63) is 34.7 Å². The second-order valence-corrected chi connectivity index (χ2v) is 8.80. The molecule has 8 heteroatoms. The van der Waals surface area contributed by atoms with Gasteiger partial charge in [0, 0.05) is 37.4 Å². The summed E-state index contributed by atoms with van der Waals surface area (Å²) in [5.41, 5.74) is -0.0635. The third-order valence-corrected chi connectivity index (χ3v) is 7.40. The Kier molecular flexibility index (Phi) is 3.65. The van der Waals surface area contributed by atoms with E-state index in [1.54, 1.807) is 34.2 Å². The minimum atomic E-state index is -0.0635. The molecule has 2 saturated heterocycles. The number of fused-ring (bicyclic) bond motifs is 3. The van der Waals surface area contributed by atoms with Crippen molar-refractivity contribution in [3.63, 3.8) is 0 Å². The Hall–Kier alpha value is -1.77. The topological polar surface area (TPSA) is 63.1 Å². The lowest BCUT2D eigenvalue weighted by Gasteiger charge is -2.35. The molecule has 2 fully saturated rings. The number of nitrogens with one attached hydrogen (secondary N) is 1. The van der Waals surface area contributed by atoms with E-state index in [4.69, 9.17) is 4.98 Å². The highest BCUT2D eigenvalue weighted by Gasteiger charge is 2.36. The Morgan fingerprint density at radius 3 is 2.64 bits per heavy atom. The number of nitrogens with zero attached hydrogens (tertiary/aromatic N) is 4. The first-order valence-electron chi connectivity index (χ1n) is 8.61. The molecule has 2 bridgehead atoms. The number of rotatable bonds is 3. The Labute approximate surface area is 153 Å². The van der Waals surface area contributed by atoms with Gasteiger partial charge in [-0.3, -0.25) is 9.36 Å². The van der Waals surface area contributed by atoms with E-state index >= 15 is 0 Å². The summed E-state index contributed by atoms with van der Waals surface area (Å²) in [7, 11) is 2.15. The van der Waals surface area contributed by atoms with Gasteiger partial charge in [-0.1, -0.05) is 28.7 Å². The first-order chi connectivity index (χ1) is 12.2. The van der Waals surface area contributed by atoms with Crippen molar-refractivity contribution in [2.75, 3.05) is 11.9 Å². The van der Waals surface area contributed by atoms with Gasteiger partial charge in [-0.15, -0.1) is 0 Å². The van der Waals surface area contributed by atoms with E-state index in [1.807, 2.05) is 6.07 Å². The molecule has 130 valence electrons. The molecule has 3 aromatic heterocycles. The molecule has 0 spiro atoms. The summed E-state index contributed by atoms with van der Waals surface area (Å²) in [6.45, 7) is 0. The number of aromatic nitrogens is 3. The van der Waals surface area contributed by atoms with Crippen LogP contribution in [0.15, 0.2) is 29.2 Å². The molecular formula is C17H19N5OS2. The number of hydrogen-bond acceptors (Lipinski definition) is 7. The van der Waals surface area contributed by atoms with Crippen LogP contribution in [0.5, 0.6) is 0 Å². The molecule has 0 saturated carbocycles. The first-order valence-corrected chi connectivity index (χ1v) is 10.2. The zero-order valence-electron chi connectivity index (χ0n) is 13.9. The van der Waals surface area contributed by atoms with Gasteiger partial charge in [0.15, 0.2) is 19.9 Å². The average molecular weight is 374 g/mol. The molecule has 3 atom stereocenters. The highest BCUT2D eigenvalue weighted by atomic mass is 32.1. The Morgan fingerprint density at radius 2 is 1.92 bits per heavy atom. The molecule has 2 aliphatic rings. The van der Waals surface area contributed by atoms with Gasteiger partial charge in [0.05, 0.1) is 0 Å². The van der Waals surface area contributed by atoms with E-state index < -0.39 is 0 Å². The molecule has 1 unspecified atom stereocenters. The second kappa shape index (κ2) is 5.89. The summed E-state index contributed by atoms with van der Waals surface area (Å²) >= 11 is 3.10. The van der Waals surface area contributed by atoms with Crippen molar-refractivity contribution in [1.82, 2.24) is 19.9 Å². The van der Waals surface area contributed by atoms with Crippen molar-refractivity contribution in [1.29, 1.82) is 0 Å². The van der Waals surface area contributed by atoms with Gasteiger partial charge in [-0.05, 0) is 31.7 Å². The highest BCUT2D eigenvalue weighted by molar-refractivity contribution is 7.29. The smallest absolute Gasteiger partial charge is 0.256 e. The van der Waals surface area contributed by atoms with Gasteiger partial charge in [-0.2, -0.15) is 0 Å². The molecule has 5 rings (SSSR count). The standard InChI is InChI=1S/C17H19N5OS2/c1-21(12-8-10-5-6-11(9-12)18-10)16-19-14-15(24-16)20-17(25-14)22-7-3-2-4-13(22)23/h2-4,7,10-12,18H,5-6,8-9H2,1H3/t10-,11+,12?. The lowest BCUT2D eigenvalue weighted by molar-refractivity contribution is 0.354. The zero-order valence-corrected chi connectivity index (χ0v) is 15.5. The van der Waals surface area contributed by atoms with Crippen molar-refractivity contribution >= 4 is 37.5 Å². The molecule has 3 aromatic rings. The molecule has 6 nitrogen and oxygen atoms in total. The molecule has 0 amide bonds. The fraction of sp³-hybridized carbons (Fsp3) is 0.471. The van der Waals surface area contributed by atoms with Crippen LogP contribution < -0.4 is 15.8 Å². The van der Waals surface area contributed by atoms with Crippen LogP contribution in [0.2, 0.25) is 0 Å². The fourth-order valence-corrected chi connectivity index (χ4v) is 6.02. The summed E-state index contributed by atoms with van der Waals surface area (Å²) in [4.78, 5) is 25.6. The monoisotopic (exact) mass is 373 g/mol. The molecule has 2 aliphatic heterocycles. The summed E-state index contributed by atoms with van der Waals surface area (Å²) in [5.74, 6) is 0. The molecule has 0 aliphatic carbocycles. The normalized spacial score (nSPS) is 25.6. The Balaban J connectivity index is 1.43. The maximum atomic E-state index is 12.0. The Morgan fingerprint density at radius 1 is 1.16 bits per heavy atom. The largest absolute Gasteiger partial charge is 0.348 e. The van der Waals surface area contributed by atoms with E-state index in [2.05, 4.69) is 22.2 Å². The quantitative estimate of drug-likeness (QED) is 0.765. The summed E-state index contributed by atoms with van der Waals surface area (Å²) in [6, 6.07) is 7.02. The summed E-state index contributed by atoms with van der Waals surface area (Å²) in [6.07, 6.45) is 6.75. The summed E-state index contributed by atoms with van der Waals surface area (Å²) < 4.78 is 1.58. The lowest BCUT2D eigenvalue weighted by Crippen LogP contribution is -2.47. The Bertz CT molecular complexity index is 933. The average Bonchev–Trinajstić information content (AvgIpc) is 3.27. The van der Waals surface area contributed by atoms with Gasteiger partial charge >= 0.3 is 0 Å². The second-order valence-electron chi connectivity index (χ2n) is 6.89. The predicted molar refractivity (Wildman–Crippen MR) is 102 cm³/mol. The van der Waals surface area contributed by atoms with Crippen LogP contribution in [0.1, 0.15) is 25.7 Å². The number of hydrogen-bond donors (Lipinski definition) is 1. The van der Waals surface area contributed by atoms with Crippen LogP contribution in [0, 0.1) is 0 Å². The van der Waals surface area contributed by atoms with Crippen LogP contribution in [0.4, 0.5) is 5.13 Å². The molecule has 5 heterocycles. The van der Waals surface area contributed by atoms with E-state index in [1.165, 1.54) is 37.0 Å². The maximum absolute atomic E-state index is 12.0. The molecule has 0 radical (unpaired) electrons. The number of pyridine rings is 1. The number of piperidine rings is 1. The third kappa shape index (κ3) is 2.68. The molecule has 25 heavy (non-hydrogen) atoms. The first kappa shape index (κ1) is 15.5. The van der Waals surface area contributed by atoms with E-state index in [-0.39, 0.29) is 5.56 Å². The summed E-state index contributed by atoms with van der Waals surface area (Å²) in [5, 5.41) is 5.42. The van der Waals surface area contributed by atoms with Crippen molar-refractivity contribution in [2.45, 2.75) is 43.8 Å². The minimum absolute atomic E-state index is 0.0635. The van der Waals surface area contributed by atoms with Crippen molar-refractivity contribution in [3.8, 4) is 5.13 Å². The van der Waals surface area contributed by atoms with Gasteiger partial charge in [-0.25, -0.2) is 9.97 Å². The van der Waals surface area contributed by atoms with Crippen molar-refractivity contribution in [2.24, 2.45) is 0 Å². The molecular weight excluding hydrogens is 354 g/mol. The third-order valence-electron chi connectivity index (χ3n) is 5.28. The van der Waals surface area contributed by atoms with Crippen LogP contribution in [0.3, 0.4) is 0 Å². The van der Waals surface area contributed by atoms with Crippen molar-refractivity contribution < 1.29 is 0 Å². The maximum Gasteiger partial charge on any atom is 0.256 e. The van der Waals surface area contributed by atoms with Crippen LogP contribution in [0.25, 0.3) is 14.8 Å². The number of anilines is 1. The van der Waals surface area contributed by atoms with Gasteiger partial charge in [0.2, 0.25) is 0 Å². The minimum Gasteiger partial charge on any atom is -0.348 e. The zero-order chi connectivity index (χ0) is 17.0. The molecule has 0 aromatic carbocycles. The fourth-order valence-electron chi connectivity index (χ4n) is 3.96. The SMILES string of the molecule is CN(c1nc2sc(-n3ccccc3=O)nc2s1)C1C[C@H]2CC[C@@H](C1)N2. The van der Waals surface area contributed by atoms with Gasteiger partial charge in [0.1, 0.15) is 0 Å². The number of thiazole rings is 2. The highest BCUT2D eigenvalue weighted by Crippen LogP contribution is 2.36. The van der Waals surface area contributed by atoms with Crippen LogP contribution >= 0.6 is 22.7 Å². The van der Waals surface area contributed by atoms with E-state index in [9.17, 15) is 4.79 Å². The van der Waals surface area contributed by atoms with Gasteiger partial charge in [0.25, 0.3) is 5.56 Å². The van der Waals surface area contributed by atoms with Crippen LogP contribution in [-0.2, 0) is 0 Å².